The molecule has 0 saturated carbocycles. The molecule has 46 heavy (non-hydrogen) atoms. The van der Waals surface area contributed by atoms with E-state index in [1.807, 2.05) is 0 Å². The number of likely N-dealkylation sites (tertiary alicyclic amines) is 1. The lowest BCUT2D eigenvalue weighted by molar-refractivity contribution is -0.192. The molecule has 3 aromatic rings. The fraction of sp³-hybridized carbons (Fsp3) is 0.438. The number of alkyl halides is 3. The van der Waals surface area contributed by atoms with Crippen molar-refractivity contribution in [3.8, 4) is 5.75 Å². The van der Waals surface area contributed by atoms with E-state index in [2.05, 4.69) is 29.2 Å². The third-order valence-corrected chi connectivity index (χ3v) is 9.72. The molecule has 1 N–H and O–H groups in total. The summed E-state index contributed by atoms with van der Waals surface area (Å²) in [5, 5.41) is 7.12. The fourth-order valence-electron chi connectivity index (χ4n) is 5.20. The number of furan rings is 1. The van der Waals surface area contributed by atoms with Crippen LogP contribution in [0.25, 0.3) is 0 Å². The molecule has 10 nitrogen and oxygen atoms in total. The zero-order chi connectivity index (χ0) is 34.2. The number of hydrogen-bond donors (Lipinski definition) is 1. The van der Waals surface area contributed by atoms with E-state index in [-0.39, 0.29) is 23.9 Å². The van der Waals surface area contributed by atoms with Crippen molar-refractivity contribution in [2.24, 2.45) is 0 Å². The number of benzene rings is 2. The number of amides is 1. The van der Waals surface area contributed by atoms with E-state index < -0.39 is 22.2 Å². The van der Waals surface area contributed by atoms with Gasteiger partial charge >= 0.3 is 12.1 Å². The van der Waals surface area contributed by atoms with Crippen molar-refractivity contribution in [3.05, 3.63) is 82.3 Å². The molecule has 1 amide bonds. The largest absolute Gasteiger partial charge is 0.497 e. The van der Waals surface area contributed by atoms with Gasteiger partial charge in [-0.05, 0) is 80.2 Å². The molecule has 2 heterocycles. The van der Waals surface area contributed by atoms with Crippen LogP contribution in [0.4, 0.5) is 13.2 Å². The van der Waals surface area contributed by atoms with Crippen LogP contribution < -0.4 is 4.74 Å². The van der Waals surface area contributed by atoms with Crippen molar-refractivity contribution in [2.45, 2.75) is 64.3 Å². The first-order chi connectivity index (χ1) is 21.6. The monoisotopic (exact) mass is 667 g/mol. The van der Waals surface area contributed by atoms with Gasteiger partial charge in [0.1, 0.15) is 17.8 Å². The maximum atomic E-state index is 13.5. The lowest BCUT2D eigenvalue weighted by atomic mass is 10.1. The number of hydrogen-bond acceptors (Lipinski definition) is 7. The third kappa shape index (κ3) is 9.56. The van der Waals surface area contributed by atoms with Crippen LogP contribution in [0.2, 0.25) is 0 Å². The molecule has 1 aliphatic rings. The van der Waals surface area contributed by atoms with Crippen LogP contribution in [0, 0.1) is 13.8 Å². The van der Waals surface area contributed by atoms with Gasteiger partial charge in [0, 0.05) is 26.7 Å². The number of carboxylic acid groups (broad SMARTS) is 1. The number of aryl methyl sites for hydroxylation is 2. The van der Waals surface area contributed by atoms with Gasteiger partial charge in [-0.2, -0.15) is 17.5 Å². The average Bonchev–Trinajstić information content (AvgIpc) is 3.68. The number of carbonyl (C=O) groups is 2. The zero-order valence-electron chi connectivity index (χ0n) is 26.6. The standard InChI is InChI=1S/C30H39N3O5S.C2HF3O2/c1-6-33(39(35,36)29-22(2)15-27(37-5)16-23(29)3)20-28-17-26(21-38-28)30(34)31(4)18-24-9-11-25(12-10-24)19-32-13-7-8-14-32;3-2(4,5)1(6)7/h9-12,15-17,21H,6-8,13-14,18-20H2,1-5H3;(H,6,7). The van der Waals surface area contributed by atoms with Crippen LogP contribution >= 0.6 is 0 Å². The van der Waals surface area contributed by atoms with Crippen molar-refractivity contribution in [2.75, 3.05) is 33.8 Å². The van der Waals surface area contributed by atoms with Crippen LogP contribution in [0.3, 0.4) is 0 Å². The molecule has 1 saturated heterocycles. The van der Waals surface area contributed by atoms with E-state index in [9.17, 15) is 26.4 Å². The topological polar surface area (TPSA) is 121 Å². The SMILES string of the molecule is CCN(Cc1cc(C(=O)N(C)Cc2ccc(CN3CCCC3)cc2)co1)S(=O)(=O)c1c(C)cc(OC)cc1C.O=C(O)C(F)(F)F. The first kappa shape index (κ1) is 36.6. The Morgan fingerprint density at radius 3 is 2.04 bits per heavy atom. The Hall–Kier alpha value is -3.88. The Kier molecular flexibility index (Phi) is 12.4. The number of rotatable bonds is 11. The minimum absolute atomic E-state index is 0.0270. The summed E-state index contributed by atoms with van der Waals surface area (Å²) in [6, 6.07) is 13.5. The molecule has 0 spiro atoms. The summed E-state index contributed by atoms with van der Waals surface area (Å²) >= 11 is 0. The van der Waals surface area contributed by atoms with Gasteiger partial charge in [-0.3, -0.25) is 9.69 Å². The highest BCUT2D eigenvalue weighted by molar-refractivity contribution is 7.89. The predicted molar refractivity (Wildman–Crippen MR) is 165 cm³/mol. The normalized spacial score (nSPS) is 13.8. The van der Waals surface area contributed by atoms with Crippen LogP contribution in [-0.2, 0) is 34.5 Å². The van der Waals surface area contributed by atoms with Crippen molar-refractivity contribution < 1.29 is 45.4 Å². The van der Waals surface area contributed by atoms with Gasteiger partial charge in [-0.15, -0.1) is 0 Å². The highest BCUT2D eigenvalue weighted by Crippen LogP contribution is 2.29. The van der Waals surface area contributed by atoms with Crippen molar-refractivity contribution in [1.29, 1.82) is 0 Å². The van der Waals surface area contributed by atoms with Crippen LogP contribution in [0.5, 0.6) is 5.75 Å². The van der Waals surface area contributed by atoms with E-state index in [1.54, 1.807) is 58.0 Å². The Morgan fingerprint density at radius 1 is 1.00 bits per heavy atom. The molecule has 0 radical (unpaired) electrons. The lowest BCUT2D eigenvalue weighted by Gasteiger charge is -2.22. The zero-order valence-corrected chi connectivity index (χ0v) is 27.4. The second-order valence-corrected chi connectivity index (χ2v) is 13.0. The summed E-state index contributed by atoms with van der Waals surface area (Å²) in [4.78, 5) is 26.4. The van der Waals surface area contributed by atoms with Gasteiger partial charge in [-0.1, -0.05) is 31.2 Å². The molecule has 2 aromatic carbocycles. The maximum Gasteiger partial charge on any atom is 0.490 e. The summed E-state index contributed by atoms with van der Waals surface area (Å²) in [6.07, 6.45) is -1.14. The minimum atomic E-state index is -5.08. The molecule has 1 fully saturated rings. The van der Waals surface area contributed by atoms with Crippen LogP contribution in [-0.4, -0.2) is 79.5 Å². The number of sulfonamides is 1. The molecular formula is C32H40F3N3O7S. The number of halogens is 3. The Labute approximate surface area is 267 Å². The number of carboxylic acids is 1. The van der Waals surface area contributed by atoms with Crippen LogP contribution in [0.15, 0.2) is 58.0 Å². The lowest BCUT2D eigenvalue weighted by Crippen LogP contribution is -2.31. The highest BCUT2D eigenvalue weighted by Gasteiger charge is 2.38. The van der Waals surface area contributed by atoms with E-state index in [0.29, 0.717) is 34.7 Å². The molecule has 252 valence electrons. The molecule has 0 unspecified atom stereocenters. The second-order valence-electron chi connectivity index (χ2n) is 11.1. The summed E-state index contributed by atoms with van der Waals surface area (Å²) in [7, 11) is -0.485. The van der Waals surface area contributed by atoms with E-state index in [4.69, 9.17) is 19.1 Å². The number of methoxy groups -OCH3 is 1. The highest BCUT2D eigenvalue weighted by atomic mass is 32.2. The van der Waals surface area contributed by atoms with Gasteiger partial charge in [0.15, 0.2) is 0 Å². The van der Waals surface area contributed by atoms with Gasteiger partial charge in [-0.25, -0.2) is 13.2 Å². The predicted octanol–water partition coefficient (Wildman–Crippen LogP) is 5.62. The van der Waals surface area contributed by atoms with E-state index >= 15 is 0 Å². The van der Waals surface area contributed by atoms with Gasteiger partial charge in [0.25, 0.3) is 5.91 Å². The molecule has 0 bridgehead atoms. The van der Waals surface area contributed by atoms with Crippen molar-refractivity contribution in [1.82, 2.24) is 14.1 Å². The smallest absolute Gasteiger partial charge is 0.490 e. The Balaban J connectivity index is 0.000000738. The number of nitrogens with zero attached hydrogens (tertiary/aromatic N) is 3. The second kappa shape index (κ2) is 15.6. The molecule has 14 heteroatoms. The molecule has 1 aliphatic heterocycles. The summed E-state index contributed by atoms with van der Waals surface area (Å²) < 4.78 is 71.1. The Bertz CT molecular complexity index is 1580. The average molecular weight is 668 g/mol. The first-order valence-electron chi connectivity index (χ1n) is 14.6. The van der Waals surface area contributed by atoms with Crippen LogP contribution in [0.1, 0.15) is 58.1 Å². The van der Waals surface area contributed by atoms with Crippen molar-refractivity contribution in [3.63, 3.8) is 0 Å². The summed E-state index contributed by atoms with van der Waals surface area (Å²) in [6.45, 7) is 9.34. The molecule has 0 atom stereocenters. The van der Waals surface area contributed by atoms with Gasteiger partial charge in [0.2, 0.25) is 10.0 Å². The van der Waals surface area contributed by atoms with Crippen molar-refractivity contribution >= 4 is 21.9 Å². The minimum Gasteiger partial charge on any atom is -0.497 e. The fourth-order valence-corrected chi connectivity index (χ4v) is 7.02. The maximum absolute atomic E-state index is 13.5. The number of carbonyl (C=O) groups excluding carboxylic acids is 1. The van der Waals surface area contributed by atoms with Gasteiger partial charge < -0.3 is 19.2 Å². The third-order valence-electron chi connectivity index (χ3n) is 7.49. The summed E-state index contributed by atoms with van der Waals surface area (Å²) in [5.41, 5.74) is 3.96. The van der Waals surface area contributed by atoms with Gasteiger partial charge in [0.05, 0.1) is 24.1 Å². The first-order valence-corrected chi connectivity index (χ1v) is 16.1. The quantitative estimate of drug-likeness (QED) is 0.280. The number of ether oxygens (including phenoxy) is 1. The number of aliphatic carboxylic acids is 1. The molecular weight excluding hydrogens is 627 g/mol. The molecule has 4 rings (SSSR count). The molecule has 1 aromatic heterocycles. The van der Waals surface area contributed by atoms with E-state index in [0.717, 1.165) is 25.2 Å². The Morgan fingerprint density at radius 2 is 1.54 bits per heavy atom. The van der Waals surface area contributed by atoms with E-state index in [1.165, 1.54) is 29.0 Å². The summed E-state index contributed by atoms with van der Waals surface area (Å²) in [5.74, 6) is -1.91. The molecule has 0 aliphatic carbocycles.